The zero-order chi connectivity index (χ0) is 13.9. The maximum atomic E-state index is 12.3. The smallest absolute Gasteiger partial charge is 0.380 e. The highest BCUT2D eigenvalue weighted by Crippen LogP contribution is 2.27. The molecular formula is C12H9BrF3N3. The normalized spacial score (nSPS) is 11.4. The monoisotopic (exact) mass is 331 g/mol. The minimum absolute atomic E-state index is 0.458. The number of nitrogens with one attached hydrogen (secondary N) is 1. The minimum Gasteiger partial charge on any atom is -0.380 e. The molecule has 0 fully saturated rings. The van der Waals surface area contributed by atoms with Crippen LogP contribution >= 0.6 is 15.9 Å². The van der Waals surface area contributed by atoms with Crippen LogP contribution in [0.5, 0.6) is 0 Å². The molecular weight excluding hydrogens is 323 g/mol. The Morgan fingerprint density at radius 3 is 2.53 bits per heavy atom. The van der Waals surface area contributed by atoms with Crippen LogP contribution in [-0.4, -0.2) is 9.97 Å². The van der Waals surface area contributed by atoms with Gasteiger partial charge in [-0.25, -0.2) is 4.98 Å². The molecule has 0 amide bonds. The van der Waals surface area contributed by atoms with Gasteiger partial charge < -0.3 is 5.32 Å². The fraction of sp³-hybridized carbons (Fsp3) is 0.167. The molecule has 0 aliphatic heterocycles. The quantitative estimate of drug-likeness (QED) is 0.927. The second kappa shape index (κ2) is 5.56. The first-order chi connectivity index (χ1) is 8.95. The molecule has 0 bridgehead atoms. The van der Waals surface area contributed by atoms with E-state index >= 15 is 0 Å². The van der Waals surface area contributed by atoms with Crippen molar-refractivity contribution in [2.75, 3.05) is 5.32 Å². The van der Waals surface area contributed by atoms with Gasteiger partial charge in [0.2, 0.25) is 0 Å². The molecule has 1 N–H and O–H groups in total. The zero-order valence-corrected chi connectivity index (χ0v) is 11.2. The van der Waals surface area contributed by atoms with Gasteiger partial charge in [-0.15, -0.1) is 0 Å². The van der Waals surface area contributed by atoms with Gasteiger partial charge in [0.1, 0.15) is 5.69 Å². The lowest BCUT2D eigenvalue weighted by molar-refractivity contribution is -0.141. The second-order valence-corrected chi connectivity index (χ2v) is 4.71. The Bertz CT molecular complexity index is 555. The molecule has 3 nitrogen and oxygen atoms in total. The largest absolute Gasteiger partial charge is 0.433 e. The summed E-state index contributed by atoms with van der Waals surface area (Å²) in [4.78, 5) is 7.36. The van der Waals surface area contributed by atoms with Gasteiger partial charge in [-0.1, -0.05) is 0 Å². The number of hydrogen-bond acceptors (Lipinski definition) is 3. The number of halogens is 4. The number of hydrogen-bond donors (Lipinski definition) is 1. The number of anilines is 1. The highest BCUT2D eigenvalue weighted by atomic mass is 79.9. The molecule has 0 aromatic carbocycles. The highest BCUT2D eigenvalue weighted by Gasteiger charge is 2.31. The fourth-order valence-electron chi connectivity index (χ4n) is 1.42. The third kappa shape index (κ3) is 3.92. The molecule has 0 radical (unpaired) electrons. The van der Waals surface area contributed by atoms with Crippen LogP contribution in [0.15, 0.2) is 41.3 Å². The van der Waals surface area contributed by atoms with Crippen LogP contribution in [0.2, 0.25) is 0 Å². The predicted octanol–water partition coefficient (Wildman–Crippen LogP) is 3.87. The first-order valence-corrected chi connectivity index (χ1v) is 6.11. The minimum atomic E-state index is -4.41. The molecule has 0 atom stereocenters. The van der Waals surface area contributed by atoms with E-state index in [4.69, 9.17) is 0 Å². The fourth-order valence-corrected chi connectivity index (χ4v) is 1.84. The topological polar surface area (TPSA) is 37.8 Å². The third-order valence-electron chi connectivity index (χ3n) is 2.31. The van der Waals surface area contributed by atoms with Crippen LogP contribution < -0.4 is 5.32 Å². The Labute approximate surface area is 116 Å². The Kier molecular flexibility index (Phi) is 4.04. The van der Waals surface area contributed by atoms with E-state index in [1.807, 2.05) is 6.07 Å². The summed E-state index contributed by atoms with van der Waals surface area (Å²) in [5.74, 6) is 0. The molecule has 2 aromatic heterocycles. The second-order valence-electron chi connectivity index (χ2n) is 3.79. The average Bonchev–Trinajstić information content (AvgIpc) is 2.36. The van der Waals surface area contributed by atoms with E-state index in [1.54, 1.807) is 12.4 Å². The first kappa shape index (κ1) is 13.8. The molecule has 7 heteroatoms. The van der Waals surface area contributed by atoms with Crippen molar-refractivity contribution in [1.82, 2.24) is 9.97 Å². The molecule has 0 aliphatic carbocycles. The van der Waals surface area contributed by atoms with E-state index in [0.717, 1.165) is 22.3 Å². The Morgan fingerprint density at radius 2 is 1.95 bits per heavy atom. The van der Waals surface area contributed by atoms with Crippen molar-refractivity contribution >= 4 is 21.6 Å². The molecule has 19 heavy (non-hydrogen) atoms. The molecule has 2 aromatic rings. The molecule has 2 heterocycles. The van der Waals surface area contributed by atoms with E-state index in [9.17, 15) is 13.2 Å². The van der Waals surface area contributed by atoms with Gasteiger partial charge in [-0.3, -0.25) is 4.98 Å². The van der Waals surface area contributed by atoms with Crippen molar-refractivity contribution in [2.24, 2.45) is 0 Å². The van der Waals surface area contributed by atoms with Crippen molar-refractivity contribution in [3.05, 3.63) is 52.5 Å². The van der Waals surface area contributed by atoms with Crippen molar-refractivity contribution in [1.29, 1.82) is 0 Å². The molecule has 0 unspecified atom stereocenters. The summed E-state index contributed by atoms with van der Waals surface area (Å²) in [5.41, 5.74) is 0.532. The van der Waals surface area contributed by atoms with Crippen LogP contribution in [0, 0.1) is 0 Å². The van der Waals surface area contributed by atoms with Crippen molar-refractivity contribution in [3.8, 4) is 0 Å². The van der Waals surface area contributed by atoms with Gasteiger partial charge >= 0.3 is 6.18 Å². The molecule has 0 saturated heterocycles. The predicted molar refractivity (Wildman–Crippen MR) is 68.5 cm³/mol. The molecule has 0 spiro atoms. The van der Waals surface area contributed by atoms with E-state index in [2.05, 4.69) is 31.2 Å². The maximum absolute atomic E-state index is 12.3. The van der Waals surface area contributed by atoms with Crippen LogP contribution in [-0.2, 0) is 12.7 Å². The van der Waals surface area contributed by atoms with Gasteiger partial charge in [0, 0.05) is 23.4 Å². The molecule has 0 aliphatic rings. The van der Waals surface area contributed by atoms with E-state index in [-0.39, 0.29) is 0 Å². The summed E-state index contributed by atoms with van der Waals surface area (Å²) < 4.78 is 37.8. The van der Waals surface area contributed by atoms with Gasteiger partial charge in [0.15, 0.2) is 0 Å². The highest BCUT2D eigenvalue weighted by molar-refractivity contribution is 9.10. The summed E-state index contributed by atoms with van der Waals surface area (Å²) >= 11 is 3.29. The Hall–Kier alpha value is -1.63. The number of nitrogens with zero attached hydrogens (tertiary/aromatic N) is 2. The standard InChI is InChI=1S/C12H9BrF3N3/c13-9-3-8(4-17-6-9)5-18-10-1-2-11(19-7-10)12(14,15)16/h1-4,6-7,18H,5H2. The summed E-state index contributed by atoms with van der Waals surface area (Å²) in [7, 11) is 0. The lowest BCUT2D eigenvalue weighted by Crippen LogP contribution is -2.08. The zero-order valence-electron chi connectivity index (χ0n) is 9.58. The van der Waals surface area contributed by atoms with Gasteiger partial charge in [0.25, 0.3) is 0 Å². The molecule has 100 valence electrons. The lowest BCUT2D eigenvalue weighted by atomic mass is 10.2. The van der Waals surface area contributed by atoms with Crippen molar-refractivity contribution in [2.45, 2.75) is 12.7 Å². The molecule has 2 rings (SSSR count). The number of pyridine rings is 2. The maximum Gasteiger partial charge on any atom is 0.433 e. The lowest BCUT2D eigenvalue weighted by Gasteiger charge is -2.08. The van der Waals surface area contributed by atoms with Gasteiger partial charge in [0.05, 0.1) is 11.9 Å². The Balaban J connectivity index is 2.01. The van der Waals surface area contributed by atoms with E-state index < -0.39 is 11.9 Å². The summed E-state index contributed by atoms with van der Waals surface area (Å²) in [6.45, 7) is 0.458. The Morgan fingerprint density at radius 1 is 1.16 bits per heavy atom. The number of alkyl halides is 3. The first-order valence-electron chi connectivity index (χ1n) is 5.32. The van der Waals surface area contributed by atoms with Crippen LogP contribution in [0.25, 0.3) is 0 Å². The van der Waals surface area contributed by atoms with Gasteiger partial charge in [-0.05, 0) is 39.7 Å². The van der Waals surface area contributed by atoms with Crippen molar-refractivity contribution in [3.63, 3.8) is 0 Å². The summed E-state index contributed by atoms with van der Waals surface area (Å²) in [5, 5.41) is 2.98. The summed E-state index contributed by atoms with van der Waals surface area (Å²) in [6, 6.07) is 4.17. The third-order valence-corrected chi connectivity index (χ3v) is 2.75. The van der Waals surface area contributed by atoms with Crippen LogP contribution in [0.3, 0.4) is 0 Å². The average molecular weight is 332 g/mol. The SMILES string of the molecule is FC(F)(F)c1ccc(NCc2cncc(Br)c2)cn1. The number of aromatic nitrogens is 2. The van der Waals surface area contributed by atoms with Crippen LogP contribution in [0.4, 0.5) is 18.9 Å². The molecule has 0 saturated carbocycles. The number of rotatable bonds is 3. The van der Waals surface area contributed by atoms with Crippen LogP contribution in [0.1, 0.15) is 11.3 Å². The van der Waals surface area contributed by atoms with E-state index in [1.165, 1.54) is 6.07 Å². The summed E-state index contributed by atoms with van der Waals surface area (Å²) in [6.07, 6.45) is 0.0828. The van der Waals surface area contributed by atoms with E-state index in [0.29, 0.717) is 12.2 Å². The van der Waals surface area contributed by atoms with Crippen molar-refractivity contribution < 1.29 is 13.2 Å². The van der Waals surface area contributed by atoms with Gasteiger partial charge in [-0.2, -0.15) is 13.2 Å².